The fourth-order valence-electron chi connectivity index (χ4n) is 4.08. The lowest BCUT2D eigenvalue weighted by Gasteiger charge is -2.13. The number of benzene rings is 3. The number of nitrogens with zero attached hydrogens (tertiary/aromatic N) is 2. The summed E-state index contributed by atoms with van der Waals surface area (Å²) < 4.78 is 8.04. The summed E-state index contributed by atoms with van der Waals surface area (Å²) in [6, 6.07) is 22.9. The molecular weight excluding hydrogens is 480 g/mol. The Hall–Kier alpha value is -3.48. The highest BCUT2D eigenvalue weighted by molar-refractivity contribution is 8.19. The number of aryl methyl sites for hydroxylation is 2. The molecule has 3 aromatic carbocycles. The zero-order valence-electron chi connectivity index (χ0n) is 19.1. The number of imide groups is 1. The molecule has 1 aromatic heterocycles. The van der Waals surface area contributed by atoms with Crippen molar-refractivity contribution in [1.29, 1.82) is 0 Å². The van der Waals surface area contributed by atoms with Crippen LogP contribution >= 0.6 is 23.4 Å². The molecule has 0 radical (unpaired) electrons. The van der Waals surface area contributed by atoms with E-state index in [-0.39, 0.29) is 11.1 Å². The van der Waals surface area contributed by atoms with E-state index in [9.17, 15) is 9.59 Å². The second kappa shape index (κ2) is 10.0. The Balaban J connectivity index is 1.35. The summed E-state index contributed by atoms with van der Waals surface area (Å²) in [5.41, 5.74) is 3.56. The number of aromatic nitrogens is 1. The predicted octanol–water partition coefficient (Wildman–Crippen LogP) is 7.31. The first-order valence-electron chi connectivity index (χ1n) is 11.3. The number of anilines is 1. The zero-order valence-corrected chi connectivity index (χ0v) is 20.7. The molecule has 176 valence electrons. The smallest absolute Gasteiger partial charge is 0.298 e. The Bertz CT molecular complexity index is 1440. The van der Waals surface area contributed by atoms with Gasteiger partial charge < -0.3 is 9.30 Å². The lowest BCUT2D eigenvalue weighted by molar-refractivity contribution is -0.113. The van der Waals surface area contributed by atoms with Crippen LogP contribution in [-0.2, 0) is 11.3 Å². The molecule has 0 spiro atoms. The molecule has 1 fully saturated rings. The zero-order chi connectivity index (χ0) is 24.4. The summed E-state index contributed by atoms with van der Waals surface area (Å²) in [6.07, 6.45) is 4.65. The molecule has 4 aromatic rings. The topological polar surface area (TPSA) is 51.5 Å². The van der Waals surface area contributed by atoms with Gasteiger partial charge >= 0.3 is 0 Å². The number of rotatable bonds is 7. The van der Waals surface area contributed by atoms with Gasteiger partial charge in [-0.15, -0.1) is 0 Å². The summed E-state index contributed by atoms with van der Waals surface area (Å²) in [6.45, 7) is 3.42. The van der Waals surface area contributed by atoms with Crippen molar-refractivity contribution in [3.63, 3.8) is 0 Å². The fraction of sp³-hybridized carbons (Fsp3) is 0.143. The van der Waals surface area contributed by atoms with Gasteiger partial charge in [-0.1, -0.05) is 59.6 Å². The summed E-state index contributed by atoms with van der Waals surface area (Å²) >= 11 is 7.17. The molecule has 2 heterocycles. The third-order valence-corrected chi connectivity index (χ3v) is 7.02. The van der Waals surface area contributed by atoms with E-state index >= 15 is 0 Å². The number of amides is 2. The Morgan fingerprint density at radius 3 is 2.51 bits per heavy atom. The number of carbonyl (C=O) groups is 2. The van der Waals surface area contributed by atoms with Crippen LogP contribution in [0.2, 0.25) is 5.02 Å². The maximum absolute atomic E-state index is 13.1. The average molecular weight is 503 g/mol. The molecule has 1 aliphatic heterocycles. The number of hydrogen-bond acceptors (Lipinski definition) is 4. The standard InChI is InChI=1S/C28H23ClN2O3S/c1-19-11-13-21(14-12-19)34-16-6-15-30-18-20(22-7-2-4-9-24(22)30)17-26-27(32)31(28(33)35-26)25-10-5-3-8-23(25)29/h2-5,7-14,17-18H,6,15-16H2,1H3/b26-17-. The first-order chi connectivity index (χ1) is 17.0. The average Bonchev–Trinajstić information content (AvgIpc) is 3.35. The van der Waals surface area contributed by atoms with Crippen LogP contribution < -0.4 is 9.64 Å². The van der Waals surface area contributed by atoms with Gasteiger partial charge in [0.1, 0.15) is 5.75 Å². The van der Waals surface area contributed by atoms with Crippen LogP contribution in [0.25, 0.3) is 17.0 Å². The first kappa shape index (κ1) is 23.3. The van der Waals surface area contributed by atoms with Crippen molar-refractivity contribution in [2.24, 2.45) is 0 Å². The molecule has 2 amide bonds. The van der Waals surface area contributed by atoms with Gasteiger partial charge in [0.15, 0.2) is 0 Å². The van der Waals surface area contributed by atoms with Crippen molar-refractivity contribution in [1.82, 2.24) is 4.57 Å². The Morgan fingerprint density at radius 2 is 1.71 bits per heavy atom. The van der Waals surface area contributed by atoms with Crippen LogP contribution in [-0.4, -0.2) is 22.3 Å². The number of thioether (sulfide) groups is 1. The molecule has 0 atom stereocenters. The maximum Gasteiger partial charge on any atom is 0.298 e. The molecule has 5 rings (SSSR count). The molecule has 1 saturated heterocycles. The highest BCUT2D eigenvalue weighted by atomic mass is 35.5. The molecular formula is C28H23ClN2O3S. The molecule has 0 unspecified atom stereocenters. The van der Waals surface area contributed by atoms with E-state index < -0.39 is 0 Å². The van der Waals surface area contributed by atoms with Crippen LogP contribution in [0.4, 0.5) is 10.5 Å². The molecule has 0 N–H and O–H groups in total. The van der Waals surface area contributed by atoms with E-state index in [0.717, 1.165) is 51.8 Å². The molecule has 5 nitrogen and oxygen atoms in total. The van der Waals surface area contributed by atoms with Crippen molar-refractivity contribution in [3.05, 3.63) is 100 Å². The van der Waals surface area contributed by atoms with Gasteiger partial charge in [-0.05, 0) is 61.5 Å². The van der Waals surface area contributed by atoms with E-state index in [2.05, 4.69) is 17.6 Å². The van der Waals surface area contributed by atoms with Gasteiger partial charge in [-0.25, -0.2) is 4.90 Å². The monoisotopic (exact) mass is 502 g/mol. The van der Waals surface area contributed by atoms with Gasteiger partial charge in [-0.2, -0.15) is 0 Å². The minimum absolute atomic E-state index is 0.355. The van der Waals surface area contributed by atoms with Gasteiger partial charge in [0.05, 0.1) is 22.2 Å². The summed E-state index contributed by atoms with van der Waals surface area (Å²) in [4.78, 5) is 27.3. The number of hydrogen-bond donors (Lipinski definition) is 0. The lowest BCUT2D eigenvalue weighted by atomic mass is 10.1. The van der Waals surface area contributed by atoms with E-state index in [1.807, 2.05) is 48.7 Å². The largest absolute Gasteiger partial charge is 0.494 e. The van der Waals surface area contributed by atoms with Gasteiger partial charge in [-0.3, -0.25) is 9.59 Å². The molecule has 0 bridgehead atoms. The quantitative estimate of drug-likeness (QED) is 0.196. The van der Waals surface area contributed by atoms with Crippen LogP contribution in [0.5, 0.6) is 5.75 Å². The van der Waals surface area contributed by atoms with Crippen molar-refractivity contribution >= 4 is 57.2 Å². The molecule has 0 aliphatic carbocycles. The second-order valence-corrected chi connectivity index (χ2v) is 9.68. The number of para-hydroxylation sites is 2. The fourth-order valence-corrected chi connectivity index (χ4v) is 5.13. The van der Waals surface area contributed by atoms with Crippen LogP contribution in [0.15, 0.2) is 83.9 Å². The van der Waals surface area contributed by atoms with Gasteiger partial charge in [0.2, 0.25) is 0 Å². The highest BCUT2D eigenvalue weighted by Crippen LogP contribution is 2.39. The summed E-state index contributed by atoms with van der Waals surface area (Å²) in [5.74, 6) is 0.499. The van der Waals surface area contributed by atoms with Crippen LogP contribution in [0, 0.1) is 6.92 Å². The summed E-state index contributed by atoms with van der Waals surface area (Å²) in [5, 5.41) is 1.03. The summed E-state index contributed by atoms with van der Waals surface area (Å²) in [7, 11) is 0. The first-order valence-corrected chi connectivity index (χ1v) is 12.5. The van der Waals surface area contributed by atoms with Crippen molar-refractivity contribution < 1.29 is 14.3 Å². The number of carbonyl (C=O) groups excluding carboxylic acids is 2. The normalized spacial score (nSPS) is 14.9. The maximum atomic E-state index is 13.1. The number of fused-ring (bicyclic) bond motifs is 1. The third-order valence-electron chi connectivity index (χ3n) is 5.83. The van der Waals surface area contributed by atoms with Crippen molar-refractivity contribution in [3.8, 4) is 5.75 Å². The van der Waals surface area contributed by atoms with E-state index in [4.69, 9.17) is 16.3 Å². The van der Waals surface area contributed by atoms with E-state index in [1.165, 1.54) is 5.56 Å². The molecule has 1 aliphatic rings. The van der Waals surface area contributed by atoms with Crippen molar-refractivity contribution in [2.45, 2.75) is 19.9 Å². The lowest BCUT2D eigenvalue weighted by Crippen LogP contribution is -2.27. The van der Waals surface area contributed by atoms with Gasteiger partial charge in [0.25, 0.3) is 11.1 Å². The Morgan fingerprint density at radius 1 is 0.971 bits per heavy atom. The second-order valence-electron chi connectivity index (χ2n) is 8.28. The number of ether oxygens (including phenoxy) is 1. The van der Waals surface area contributed by atoms with Gasteiger partial charge in [0, 0.05) is 29.2 Å². The van der Waals surface area contributed by atoms with E-state index in [1.54, 1.807) is 30.3 Å². The minimum atomic E-state index is -0.364. The Kier molecular flexibility index (Phi) is 6.66. The van der Waals surface area contributed by atoms with Crippen LogP contribution in [0.1, 0.15) is 17.5 Å². The van der Waals surface area contributed by atoms with Crippen LogP contribution in [0.3, 0.4) is 0 Å². The molecule has 35 heavy (non-hydrogen) atoms. The molecule has 7 heteroatoms. The van der Waals surface area contributed by atoms with E-state index in [0.29, 0.717) is 22.2 Å². The van der Waals surface area contributed by atoms with Crippen molar-refractivity contribution in [2.75, 3.05) is 11.5 Å². The third kappa shape index (κ3) is 4.85. The molecule has 0 saturated carbocycles. The Labute approximate surface area is 212 Å². The predicted molar refractivity (Wildman–Crippen MR) is 143 cm³/mol. The SMILES string of the molecule is Cc1ccc(OCCCn2cc(/C=C3\SC(=O)N(c4ccccc4Cl)C3=O)c3ccccc32)cc1. The highest BCUT2D eigenvalue weighted by Gasteiger charge is 2.37. The minimum Gasteiger partial charge on any atom is -0.494 e. The number of halogens is 1.